The van der Waals surface area contributed by atoms with Crippen LogP contribution in [-0.2, 0) is 0 Å². The molecule has 0 aliphatic heterocycles. The molecule has 0 bridgehead atoms. The van der Waals surface area contributed by atoms with Crippen LogP contribution >= 0.6 is 31.9 Å². The predicted molar refractivity (Wildman–Crippen MR) is 59.4 cm³/mol. The molecule has 2 rings (SSSR count). The van der Waals surface area contributed by atoms with Gasteiger partial charge in [-0.15, -0.1) is 0 Å². The molecule has 0 unspecified atom stereocenters. The molecule has 0 saturated heterocycles. The first-order valence-electron chi connectivity index (χ1n) is 3.53. The van der Waals surface area contributed by atoms with Gasteiger partial charge in [-0.25, -0.2) is 9.97 Å². The van der Waals surface area contributed by atoms with Gasteiger partial charge in [-0.1, -0.05) is 0 Å². The number of hydrogen-bond donors (Lipinski definition) is 1. The van der Waals surface area contributed by atoms with Crippen molar-refractivity contribution in [2.45, 2.75) is 0 Å². The summed E-state index contributed by atoms with van der Waals surface area (Å²) in [5.41, 5.74) is 5.69. The van der Waals surface area contributed by atoms with Crippen molar-refractivity contribution in [3.05, 3.63) is 27.5 Å². The maximum atomic E-state index is 5.69. The smallest absolute Gasteiger partial charge is 0.132 e. The zero-order valence-corrected chi connectivity index (χ0v) is 9.63. The Labute approximate surface area is 91.6 Å². The minimum Gasteiger partial charge on any atom is -0.383 e. The van der Waals surface area contributed by atoms with Crippen LogP contribution in [0.5, 0.6) is 0 Å². The van der Waals surface area contributed by atoms with Gasteiger partial charge < -0.3 is 5.73 Å². The van der Waals surface area contributed by atoms with Crippen LogP contribution in [0.2, 0.25) is 0 Å². The first-order valence-corrected chi connectivity index (χ1v) is 5.12. The molecular formula is C8H5Br2N3. The summed E-state index contributed by atoms with van der Waals surface area (Å²) in [6.45, 7) is 0. The molecule has 0 fully saturated rings. The van der Waals surface area contributed by atoms with Crippen LogP contribution in [0.15, 0.2) is 27.5 Å². The summed E-state index contributed by atoms with van der Waals surface area (Å²) in [5, 5.41) is 1.87. The molecule has 0 amide bonds. The highest BCUT2D eigenvalue weighted by Crippen LogP contribution is 2.27. The lowest BCUT2D eigenvalue weighted by molar-refractivity contribution is 1.28. The van der Waals surface area contributed by atoms with Crippen LogP contribution in [0.1, 0.15) is 0 Å². The van der Waals surface area contributed by atoms with Gasteiger partial charge in [-0.05, 0) is 37.9 Å². The summed E-state index contributed by atoms with van der Waals surface area (Å²) in [5.74, 6) is 0.498. The Hall–Kier alpha value is -0.680. The van der Waals surface area contributed by atoms with Gasteiger partial charge in [-0.3, -0.25) is 0 Å². The number of aromatic nitrogens is 2. The minimum atomic E-state index is 0.498. The molecule has 2 aromatic heterocycles. The normalized spacial score (nSPS) is 10.6. The van der Waals surface area contributed by atoms with E-state index in [4.69, 9.17) is 5.73 Å². The molecule has 13 heavy (non-hydrogen) atoms. The van der Waals surface area contributed by atoms with Gasteiger partial charge in [0.25, 0.3) is 0 Å². The van der Waals surface area contributed by atoms with E-state index >= 15 is 0 Å². The Balaban J connectivity index is 2.92. The van der Waals surface area contributed by atoms with Gasteiger partial charge in [0, 0.05) is 27.6 Å². The van der Waals surface area contributed by atoms with E-state index in [0.29, 0.717) is 5.82 Å². The summed E-state index contributed by atoms with van der Waals surface area (Å²) in [6.07, 6.45) is 3.39. The third-order valence-corrected chi connectivity index (χ3v) is 2.79. The predicted octanol–water partition coefficient (Wildman–Crippen LogP) is 2.74. The average molecular weight is 303 g/mol. The number of pyridine rings is 2. The van der Waals surface area contributed by atoms with E-state index in [1.165, 1.54) is 0 Å². The fourth-order valence-corrected chi connectivity index (χ4v) is 1.86. The molecule has 2 N–H and O–H groups in total. The van der Waals surface area contributed by atoms with Crippen molar-refractivity contribution in [1.29, 1.82) is 0 Å². The van der Waals surface area contributed by atoms with Gasteiger partial charge >= 0.3 is 0 Å². The maximum absolute atomic E-state index is 5.69. The highest BCUT2D eigenvalue weighted by molar-refractivity contribution is 9.11. The van der Waals surface area contributed by atoms with E-state index in [9.17, 15) is 0 Å². The molecule has 2 heterocycles. The molecule has 2 aromatic rings. The summed E-state index contributed by atoms with van der Waals surface area (Å²) in [7, 11) is 0. The van der Waals surface area contributed by atoms with Crippen LogP contribution in [0.3, 0.4) is 0 Å². The van der Waals surface area contributed by atoms with Crippen LogP contribution in [0.25, 0.3) is 10.8 Å². The van der Waals surface area contributed by atoms with Gasteiger partial charge in [0.05, 0.1) is 0 Å². The Morgan fingerprint density at radius 2 is 1.85 bits per heavy atom. The number of anilines is 1. The number of nitrogens with zero attached hydrogens (tertiary/aromatic N) is 2. The first-order chi connectivity index (χ1) is 6.18. The van der Waals surface area contributed by atoms with E-state index in [2.05, 4.69) is 41.8 Å². The standard InChI is InChI=1S/C8H5Br2N3/c9-6-3-13-8(11)5-2-12-7(10)1-4(5)6/h1-3H,(H2,11,13). The number of hydrogen-bond acceptors (Lipinski definition) is 3. The van der Waals surface area contributed by atoms with Gasteiger partial charge in [0.15, 0.2) is 0 Å². The number of rotatable bonds is 0. The third kappa shape index (κ3) is 1.53. The van der Waals surface area contributed by atoms with E-state index in [1.54, 1.807) is 12.4 Å². The second-order valence-corrected chi connectivity index (χ2v) is 4.21. The molecule has 0 aliphatic rings. The molecule has 0 radical (unpaired) electrons. The Kier molecular flexibility index (Phi) is 2.21. The molecule has 5 heteroatoms. The Morgan fingerprint density at radius 3 is 2.62 bits per heavy atom. The highest BCUT2D eigenvalue weighted by atomic mass is 79.9. The van der Waals surface area contributed by atoms with Gasteiger partial charge in [-0.2, -0.15) is 0 Å². The minimum absolute atomic E-state index is 0.498. The Bertz CT molecular complexity index is 470. The topological polar surface area (TPSA) is 51.8 Å². The van der Waals surface area contributed by atoms with Crippen molar-refractivity contribution in [3.8, 4) is 0 Å². The van der Waals surface area contributed by atoms with Gasteiger partial charge in [0.2, 0.25) is 0 Å². The Morgan fingerprint density at radius 1 is 1.08 bits per heavy atom. The summed E-state index contributed by atoms with van der Waals surface area (Å²) < 4.78 is 1.70. The van der Waals surface area contributed by atoms with Crippen LogP contribution in [0, 0.1) is 0 Å². The average Bonchev–Trinajstić information content (AvgIpc) is 2.12. The van der Waals surface area contributed by atoms with Crippen molar-refractivity contribution in [3.63, 3.8) is 0 Å². The molecule has 0 aromatic carbocycles. The summed E-state index contributed by atoms with van der Waals surface area (Å²) >= 11 is 6.70. The first kappa shape index (κ1) is 8.90. The second-order valence-electron chi connectivity index (χ2n) is 2.54. The van der Waals surface area contributed by atoms with Crippen LogP contribution in [-0.4, -0.2) is 9.97 Å². The number of fused-ring (bicyclic) bond motifs is 1. The second kappa shape index (κ2) is 3.23. The quantitative estimate of drug-likeness (QED) is 0.761. The largest absolute Gasteiger partial charge is 0.383 e. The monoisotopic (exact) mass is 301 g/mol. The number of nitrogens with two attached hydrogens (primary N) is 1. The highest BCUT2D eigenvalue weighted by Gasteiger charge is 2.03. The molecule has 0 spiro atoms. The lowest BCUT2D eigenvalue weighted by atomic mass is 10.2. The number of halogens is 2. The van der Waals surface area contributed by atoms with Crippen molar-refractivity contribution in [1.82, 2.24) is 9.97 Å². The maximum Gasteiger partial charge on any atom is 0.132 e. The zero-order valence-electron chi connectivity index (χ0n) is 6.46. The van der Waals surface area contributed by atoms with E-state index in [0.717, 1.165) is 19.8 Å². The van der Waals surface area contributed by atoms with Crippen LogP contribution in [0.4, 0.5) is 5.82 Å². The fourth-order valence-electron chi connectivity index (χ4n) is 1.10. The zero-order chi connectivity index (χ0) is 9.42. The van der Waals surface area contributed by atoms with Crippen molar-refractivity contribution >= 4 is 48.5 Å². The SMILES string of the molecule is Nc1ncc(Br)c2cc(Br)ncc12. The fraction of sp³-hybridized carbons (Fsp3) is 0. The van der Waals surface area contributed by atoms with Crippen molar-refractivity contribution in [2.24, 2.45) is 0 Å². The van der Waals surface area contributed by atoms with Gasteiger partial charge in [0.1, 0.15) is 10.4 Å². The lowest BCUT2D eigenvalue weighted by Crippen LogP contribution is -1.92. The van der Waals surface area contributed by atoms with E-state index in [1.807, 2.05) is 6.07 Å². The van der Waals surface area contributed by atoms with E-state index < -0.39 is 0 Å². The summed E-state index contributed by atoms with van der Waals surface area (Å²) in [6, 6.07) is 1.90. The lowest BCUT2D eigenvalue weighted by Gasteiger charge is -2.02. The summed E-state index contributed by atoms with van der Waals surface area (Å²) in [4.78, 5) is 8.10. The number of nitrogen functional groups attached to an aromatic ring is 1. The van der Waals surface area contributed by atoms with Crippen molar-refractivity contribution < 1.29 is 0 Å². The van der Waals surface area contributed by atoms with Crippen molar-refractivity contribution in [2.75, 3.05) is 5.73 Å². The molecular weight excluding hydrogens is 298 g/mol. The van der Waals surface area contributed by atoms with E-state index in [-0.39, 0.29) is 0 Å². The molecule has 66 valence electrons. The molecule has 0 saturated carbocycles. The van der Waals surface area contributed by atoms with Crippen LogP contribution < -0.4 is 5.73 Å². The molecule has 0 atom stereocenters. The third-order valence-electron chi connectivity index (χ3n) is 1.72. The molecule has 0 aliphatic carbocycles. The molecule has 3 nitrogen and oxygen atoms in total.